The Morgan fingerprint density at radius 1 is 0.938 bits per heavy atom. The first-order chi connectivity index (χ1) is 7.72. The molecule has 0 saturated heterocycles. The Bertz CT molecular complexity index is 146. The predicted molar refractivity (Wildman–Crippen MR) is 67.8 cm³/mol. The summed E-state index contributed by atoms with van der Waals surface area (Å²) >= 11 is 0. The summed E-state index contributed by atoms with van der Waals surface area (Å²) in [5, 5.41) is 12.7. The number of aliphatic hydroxyl groups is 1. The van der Waals surface area contributed by atoms with E-state index in [9.17, 15) is 5.11 Å². The SMILES string of the molecule is NCCCCCNC(O)C(N)CCCCN. The van der Waals surface area contributed by atoms with Crippen molar-refractivity contribution in [2.75, 3.05) is 19.6 Å². The van der Waals surface area contributed by atoms with Gasteiger partial charge in [0.25, 0.3) is 0 Å². The third-order valence-corrected chi connectivity index (χ3v) is 2.63. The van der Waals surface area contributed by atoms with Crippen LogP contribution >= 0.6 is 0 Å². The van der Waals surface area contributed by atoms with Crippen LogP contribution in [0.3, 0.4) is 0 Å². The molecule has 0 aromatic rings. The van der Waals surface area contributed by atoms with E-state index in [1.807, 2.05) is 0 Å². The van der Waals surface area contributed by atoms with Crippen molar-refractivity contribution in [3.8, 4) is 0 Å². The minimum absolute atomic E-state index is 0.193. The second-order valence-corrected chi connectivity index (χ2v) is 4.20. The smallest absolute Gasteiger partial charge is 0.120 e. The predicted octanol–water partition coefficient (Wildman–Crippen LogP) is -0.520. The van der Waals surface area contributed by atoms with Gasteiger partial charge in [0.15, 0.2) is 0 Å². The van der Waals surface area contributed by atoms with Crippen molar-refractivity contribution < 1.29 is 5.11 Å². The van der Waals surface area contributed by atoms with Crippen LogP contribution in [0, 0.1) is 0 Å². The molecule has 0 aliphatic heterocycles. The number of unbranched alkanes of at least 4 members (excludes halogenated alkanes) is 3. The van der Waals surface area contributed by atoms with E-state index in [1.165, 1.54) is 0 Å². The maximum absolute atomic E-state index is 9.68. The summed E-state index contributed by atoms with van der Waals surface area (Å²) in [6, 6.07) is -0.193. The van der Waals surface area contributed by atoms with Crippen molar-refractivity contribution in [2.45, 2.75) is 50.8 Å². The van der Waals surface area contributed by atoms with Gasteiger partial charge in [0.1, 0.15) is 6.23 Å². The Morgan fingerprint density at radius 3 is 2.19 bits per heavy atom. The number of nitrogens with one attached hydrogen (secondary N) is 1. The van der Waals surface area contributed by atoms with E-state index in [0.717, 1.165) is 51.6 Å². The van der Waals surface area contributed by atoms with Gasteiger partial charge in [-0.1, -0.05) is 12.8 Å². The molecule has 0 aliphatic rings. The van der Waals surface area contributed by atoms with Crippen LogP contribution < -0.4 is 22.5 Å². The van der Waals surface area contributed by atoms with Gasteiger partial charge in [0.2, 0.25) is 0 Å². The van der Waals surface area contributed by atoms with E-state index in [2.05, 4.69) is 5.32 Å². The molecule has 5 heteroatoms. The lowest BCUT2D eigenvalue weighted by molar-refractivity contribution is 0.104. The molecule has 98 valence electrons. The lowest BCUT2D eigenvalue weighted by atomic mass is 10.1. The third-order valence-electron chi connectivity index (χ3n) is 2.63. The zero-order valence-electron chi connectivity index (χ0n) is 10.2. The quantitative estimate of drug-likeness (QED) is 0.243. The molecule has 0 bridgehead atoms. The lowest BCUT2D eigenvalue weighted by Gasteiger charge is -2.19. The first-order valence-electron chi connectivity index (χ1n) is 6.29. The number of aliphatic hydroxyl groups excluding tert-OH is 1. The molecule has 8 N–H and O–H groups in total. The lowest BCUT2D eigenvalue weighted by Crippen LogP contribution is -2.45. The standard InChI is InChI=1S/C11H28N4O/c12-7-3-1-5-9-15-11(16)10(14)6-2-4-8-13/h10-11,15-16H,1-9,12-14H2. The van der Waals surface area contributed by atoms with Crippen molar-refractivity contribution >= 4 is 0 Å². The molecule has 2 unspecified atom stereocenters. The minimum Gasteiger partial charge on any atom is -0.377 e. The molecule has 0 heterocycles. The molecule has 0 aromatic heterocycles. The van der Waals surface area contributed by atoms with Crippen LogP contribution in [-0.2, 0) is 0 Å². The van der Waals surface area contributed by atoms with Crippen LogP contribution in [0.25, 0.3) is 0 Å². The second-order valence-electron chi connectivity index (χ2n) is 4.20. The van der Waals surface area contributed by atoms with Crippen molar-refractivity contribution in [2.24, 2.45) is 17.2 Å². The zero-order chi connectivity index (χ0) is 12.2. The Kier molecular flexibility index (Phi) is 11.1. The fourth-order valence-corrected chi connectivity index (χ4v) is 1.53. The summed E-state index contributed by atoms with van der Waals surface area (Å²) in [5.74, 6) is 0. The second kappa shape index (κ2) is 11.3. The minimum atomic E-state index is -0.601. The van der Waals surface area contributed by atoms with Crippen LogP contribution in [0.1, 0.15) is 38.5 Å². The number of rotatable bonds is 11. The molecule has 0 aromatic carbocycles. The van der Waals surface area contributed by atoms with Gasteiger partial charge in [-0.2, -0.15) is 0 Å². The zero-order valence-corrected chi connectivity index (χ0v) is 10.2. The summed E-state index contributed by atoms with van der Waals surface area (Å²) in [6.07, 6.45) is 5.33. The van der Waals surface area contributed by atoms with Crippen LogP contribution in [0.4, 0.5) is 0 Å². The monoisotopic (exact) mass is 232 g/mol. The van der Waals surface area contributed by atoms with Crippen molar-refractivity contribution in [1.29, 1.82) is 0 Å². The Hall–Kier alpha value is -0.200. The van der Waals surface area contributed by atoms with Crippen LogP contribution in [0.5, 0.6) is 0 Å². The molecule has 0 amide bonds. The summed E-state index contributed by atoms with van der Waals surface area (Å²) in [7, 11) is 0. The molecule has 0 aliphatic carbocycles. The first-order valence-corrected chi connectivity index (χ1v) is 6.29. The van der Waals surface area contributed by atoms with E-state index in [0.29, 0.717) is 6.54 Å². The topological polar surface area (TPSA) is 110 Å². The van der Waals surface area contributed by atoms with E-state index in [-0.39, 0.29) is 6.04 Å². The van der Waals surface area contributed by atoms with Crippen molar-refractivity contribution in [3.63, 3.8) is 0 Å². The van der Waals surface area contributed by atoms with E-state index in [4.69, 9.17) is 17.2 Å². The highest BCUT2D eigenvalue weighted by Crippen LogP contribution is 2.01. The number of hydrogen-bond acceptors (Lipinski definition) is 5. The average molecular weight is 232 g/mol. The molecule has 2 atom stereocenters. The van der Waals surface area contributed by atoms with Crippen molar-refractivity contribution in [1.82, 2.24) is 5.32 Å². The van der Waals surface area contributed by atoms with Crippen molar-refractivity contribution in [3.05, 3.63) is 0 Å². The highest BCUT2D eigenvalue weighted by Gasteiger charge is 2.12. The highest BCUT2D eigenvalue weighted by atomic mass is 16.3. The summed E-state index contributed by atoms with van der Waals surface area (Å²) in [5.41, 5.74) is 16.6. The molecule has 0 fully saturated rings. The maximum Gasteiger partial charge on any atom is 0.120 e. The first kappa shape index (κ1) is 15.8. The number of hydrogen-bond donors (Lipinski definition) is 5. The van der Waals surface area contributed by atoms with Gasteiger partial charge >= 0.3 is 0 Å². The molecule has 0 rings (SSSR count). The van der Waals surface area contributed by atoms with Gasteiger partial charge in [-0.25, -0.2) is 0 Å². The normalized spacial score (nSPS) is 15.0. The largest absolute Gasteiger partial charge is 0.377 e. The summed E-state index contributed by atoms with van der Waals surface area (Å²) < 4.78 is 0. The molecule has 16 heavy (non-hydrogen) atoms. The van der Waals surface area contributed by atoms with E-state index < -0.39 is 6.23 Å². The molecule has 0 saturated carbocycles. The van der Waals surface area contributed by atoms with Gasteiger partial charge < -0.3 is 22.3 Å². The number of nitrogens with two attached hydrogens (primary N) is 3. The van der Waals surface area contributed by atoms with Gasteiger partial charge in [-0.05, 0) is 45.3 Å². The van der Waals surface area contributed by atoms with Gasteiger partial charge in [-0.3, -0.25) is 5.32 Å². The molecular weight excluding hydrogens is 204 g/mol. The maximum atomic E-state index is 9.68. The van der Waals surface area contributed by atoms with Crippen LogP contribution in [0.2, 0.25) is 0 Å². The average Bonchev–Trinajstić information content (AvgIpc) is 2.28. The van der Waals surface area contributed by atoms with E-state index in [1.54, 1.807) is 0 Å². The highest BCUT2D eigenvalue weighted by molar-refractivity contribution is 4.69. The fraction of sp³-hybridized carbons (Fsp3) is 1.00. The third kappa shape index (κ3) is 9.06. The molecular formula is C11H28N4O. The Balaban J connectivity index is 3.36. The van der Waals surface area contributed by atoms with Gasteiger partial charge in [-0.15, -0.1) is 0 Å². The van der Waals surface area contributed by atoms with Gasteiger partial charge in [0.05, 0.1) is 0 Å². The van der Waals surface area contributed by atoms with Crippen LogP contribution in [-0.4, -0.2) is 37.0 Å². The Morgan fingerprint density at radius 2 is 1.56 bits per heavy atom. The van der Waals surface area contributed by atoms with E-state index >= 15 is 0 Å². The Labute approximate surface area is 98.8 Å². The molecule has 0 radical (unpaired) electrons. The summed E-state index contributed by atoms with van der Waals surface area (Å²) in [6.45, 7) is 2.22. The molecule has 0 spiro atoms. The van der Waals surface area contributed by atoms with Crippen LogP contribution in [0.15, 0.2) is 0 Å². The molecule has 5 nitrogen and oxygen atoms in total. The fourth-order valence-electron chi connectivity index (χ4n) is 1.53. The van der Waals surface area contributed by atoms with Gasteiger partial charge in [0, 0.05) is 6.04 Å². The summed E-state index contributed by atoms with van der Waals surface area (Å²) in [4.78, 5) is 0.